The number of benzene rings is 2. The fourth-order valence-electron chi connectivity index (χ4n) is 2.82. The summed E-state index contributed by atoms with van der Waals surface area (Å²) in [7, 11) is 9.03. The predicted octanol–water partition coefficient (Wildman–Crippen LogP) is 3.63. The van der Waals surface area contributed by atoms with Crippen LogP contribution in [-0.2, 0) is 0 Å². The number of carbonyl (C=O) groups is 1. The lowest BCUT2D eigenvalue weighted by Crippen LogP contribution is -2.03. The molecule has 2 aromatic carbocycles. The summed E-state index contributed by atoms with van der Waals surface area (Å²) in [6.45, 7) is 0. The second kappa shape index (κ2) is 9.55. The zero-order chi connectivity index (χ0) is 20.7. The summed E-state index contributed by atoms with van der Waals surface area (Å²) in [5.74, 6) is 2.23. The quantitative estimate of drug-likeness (QED) is 0.480. The molecule has 0 radical (unpaired) electrons. The van der Waals surface area contributed by atoms with E-state index in [9.17, 15) is 4.79 Å². The molecule has 0 atom stereocenters. The lowest BCUT2D eigenvalue weighted by Gasteiger charge is -2.17. The Morgan fingerprint density at radius 2 is 1.25 bits per heavy atom. The molecule has 0 bridgehead atoms. The van der Waals surface area contributed by atoms with Gasteiger partial charge >= 0.3 is 0 Å². The molecule has 2 aromatic rings. The number of methoxy groups -OCH3 is 6. The molecule has 0 aliphatic heterocycles. The zero-order valence-corrected chi connectivity index (χ0v) is 16.8. The summed E-state index contributed by atoms with van der Waals surface area (Å²) in [5.41, 5.74) is 0.854. The smallest absolute Gasteiger partial charge is 0.204 e. The Kier molecular flexibility index (Phi) is 7.14. The summed E-state index contributed by atoms with van der Waals surface area (Å²) in [5, 5.41) is 0. The van der Waals surface area contributed by atoms with E-state index in [1.54, 1.807) is 30.3 Å². The van der Waals surface area contributed by atoms with Gasteiger partial charge in [0, 0.05) is 6.07 Å². The number of carbonyl (C=O) groups excluding carboxylic acids is 1. The largest absolute Gasteiger partial charge is 0.496 e. The van der Waals surface area contributed by atoms with Gasteiger partial charge in [0.1, 0.15) is 22.8 Å². The third kappa shape index (κ3) is 3.98. The molecule has 0 N–H and O–H groups in total. The minimum atomic E-state index is -0.298. The van der Waals surface area contributed by atoms with Crippen LogP contribution in [0, 0.1) is 0 Å². The van der Waals surface area contributed by atoms with Crippen molar-refractivity contribution in [2.75, 3.05) is 42.7 Å². The molecule has 0 heterocycles. The van der Waals surface area contributed by atoms with Crippen molar-refractivity contribution < 1.29 is 33.2 Å². The van der Waals surface area contributed by atoms with Crippen LogP contribution in [0.25, 0.3) is 6.08 Å². The average molecular weight is 388 g/mol. The normalized spacial score (nSPS) is 10.5. The maximum absolute atomic E-state index is 12.9. The van der Waals surface area contributed by atoms with Crippen molar-refractivity contribution in [3.05, 3.63) is 41.5 Å². The molecule has 0 fully saturated rings. The Hall–Kier alpha value is -3.35. The van der Waals surface area contributed by atoms with Gasteiger partial charge in [-0.3, -0.25) is 4.79 Å². The fraction of sp³-hybridized carbons (Fsp3) is 0.286. The molecule has 0 aliphatic rings. The summed E-state index contributed by atoms with van der Waals surface area (Å²) in [6, 6.07) is 6.80. The summed E-state index contributed by atoms with van der Waals surface area (Å²) >= 11 is 0. The molecule has 2 rings (SSSR count). The minimum absolute atomic E-state index is 0.298. The van der Waals surface area contributed by atoms with Crippen LogP contribution >= 0.6 is 0 Å². The molecule has 7 nitrogen and oxygen atoms in total. The van der Waals surface area contributed by atoms with Crippen molar-refractivity contribution in [1.82, 2.24) is 0 Å². The molecule has 0 saturated heterocycles. The van der Waals surface area contributed by atoms with Crippen LogP contribution in [0.2, 0.25) is 0 Å². The SMILES string of the molecule is COc1cc(OC)c(OC)c(OC)c1/C=C/C(=O)c1c(OC)cccc1OC. The molecule has 0 spiro atoms. The second-order valence-electron chi connectivity index (χ2n) is 5.50. The molecule has 28 heavy (non-hydrogen) atoms. The van der Waals surface area contributed by atoms with E-state index in [1.165, 1.54) is 48.7 Å². The first-order valence-corrected chi connectivity index (χ1v) is 8.36. The number of rotatable bonds is 9. The number of hydrogen-bond acceptors (Lipinski definition) is 7. The van der Waals surface area contributed by atoms with Crippen molar-refractivity contribution in [3.63, 3.8) is 0 Å². The van der Waals surface area contributed by atoms with Crippen molar-refractivity contribution in [2.24, 2.45) is 0 Å². The van der Waals surface area contributed by atoms with E-state index in [1.807, 2.05) is 0 Å². The van der Waals surface area contributed by atoms with Crippen LogP contribution in [-0.4, -0.2) is 48.4 Å². The summed E-state index contributed by atoms with van der Waals surface area (Å²) in [4.78, 5) is 12.9. The van der Waals surface area contributed by atoms with E-state index in [2.05, 4.69) is 0 Å². The molecule has 150 valence electrons. The Morgan fingerprint density at radius 1 is 0.714 bits per heavy atom. The lowest BCUT2D eigenvalue weighted by molar-refractivity contribution is 0.104. The van der Waals surface area contributed by atoms with Crippen molar-refractivity contribution in [2.45, 2.75) is 0 Å². The van der Waals surface area contributed by atoms with Crippen LogP contribution in [0.15, 0.2) is 30.3 Å². The van der Waals surface area contributed by atoms with Gasteiger partial charge in [-0.2, -0.15) is 0 Å². The highest BCUT2D eigenvalue weighted by atomic mass is 16.5. The standard InChI is InChI=1S/C21H24O7/c1-23-15-8-7-9-16(24-2)19(15)14(22)11-10-13-17(25-3)12-18(26-4)21(28-6)20(13)27-5/h7-12H,1-6H3/b11-10+. The number of hydrogen-bond donors (Lipinski definition) is 0. The maximum atomic E-state index is 12.9. The molecule has 0 unspecified atom stereocenters. The van der Waals surface area contributed by atoms with Crippen LogP contribution in [0.5, 0.6) is 34.5 Å². The van der Waals surface area contributed by atoms with Crippen LogP contribution in [0.4, 0.5) is 0 Å². The Bertz CT molecular complexity index is 849. The highest BCUT2D eigenvalue weighted by Gasteiger charge is 2.21. The molecule has 7 heteroatoms. The number of ketones is 1. The van der Waals surface area contributed by atoms with Crippen LogP contribution in [0.1, 0.15) is 15.9 Å². The molecular formula is C21H24O7. The molecule has 0 aliphatic carbocycles. The third-order valence-corrected chi connectivity index (χ3v) is 4.13. The van der Waals surface area contributed by atoms with Crippen LogP contribution < -0.4 is 28.4 Å². The van der Waals surface area contributed by atoms with Gasteiger partial charge in [0.15, 0.2) is 17.3 Å². The van der Waals surface area contributed by atoms with Gasteiger partial charge in [-0.15, -0.1) is 0 Å². The Morgan fingerprint density at radius 3 is 1.71 bits per heavy atom. The molecular weight excluding hydrogens is 364 g/mol. The van der Waals surface area contributed by atoms with Gasteiger partial charge in [0.25, 0.3) is 0 Å². The first-order valence-electron chi connectivity index (χ1n) is 8.36. The summed E-state index contributed by atoms with van der Waals surface area (Å²) < 4.78 is 32.2. The first-order chi connectivity index (χ1) is 13.6. The van der Waals surface area contributed by atoms with E-state index in [-0.39, 0.29) is 5.78 Å². The van der Waals surface area contributed by atoms with Crippen molar-refractivity contribution >= 4 is 11.9 Å². The topological polar surface area (TPSA) is 72.5 Å². The lowest BCUT2D eigenvalue weighted by atomic mass is 10.1. The van der Waals surface area contributed by atoms with E-state index < -0.39 is 0 Å². The highest BCUT2D eigenvalue weighted by molar-refractivity contribution is 6.10. The van der Waals surface area contributed by atoms with Crippen LogP contribution in [0.3, 0.4) is 0 Å². The van der Waals surface area contributed by atoms with Gasteiger partial charge in [0.05, 0.1) is 48.2 Å². The molecule has 0 aromatic heterocycles. The molecule has 0 amide bonds. The summed E-state index contributed by atoms with van der Waals surface area (Å²) in [6.07, 6.45) is 2.99. The fourth-order valence-corrected chi connectivity index (χ4v) is 2.82. The minimum Gasteiger partial charge on any atom is -0.496 e. The van der Waals surface area contributed by atoms with E-state index in [0.29, 0.717) is 45.6 Å². The number of allylic oxidation sites excluding steroid dienone is 1. The van der Waals surface area contributed by atoms with Crippen molar-refractivity contribution in [1.29, 1.82) is 0 Å². The van der Waals surface area contributed by atoms with Gasteiger partial charge in [-0.1, -0.05) is 6.07 Å². The van der Waals surface area contributed by atoms with Gasteiger partial charge in [-0.05, 0) is 24.3 Å². The highest BCUT2D eigenvalue weighted by Crippen LogP contribution is 2.45. The van der Waals surface area contributed by atoms with Gasteiger partial charge in [0.2, 0.25) is 5.75 Å². The first kappa shape index (κ1) is 21.0. The Labute approximate surface area is 164 Å². The van der Waals surface area contributed by atoms with Gasteiger partial charge in [-0.25, -0.2) is 0 Å². The van der Waals surface area contributed by atoms with E-state index in [4.69, 9.17) is 28.4 Å². The van der Waals surface area contributed by atoms with E-state index >= 15 is 0 Å². The number of ether oxygens (including phenoxy) is 6. The molecule has 0 saturated carbocycles. The van der Waals surface area contributed by atoms with Gasteiger partial charge < -0.3 is 28.4 Å². The predicted molar refractivity (Wildman–Crippen MR) is 106 cm³/mol. The van der Waals surface area contributed by atoms with Crippen molar-refractivity contribution in [3.8, 4) is 34.5 Å². The van der Waals surface area contributed by atoms with E-state index in [0.717, 1.165) is 0 Å². The zero-order valence-electron chi connectivity index (χ0n) is 16.8. The third-order valence-electron chi connectivity index (χ3n) is 4.13. The second-order valence-corrected chi connectivity index (χ2v) is 5.50. The maximum Gasteiger partial charge on any atom is 0.204 e. The Balaban J connectivity index is 2.56. The average Bonchev–Trinajstić information content (AvgIpc) is 2.75. The monoisotopic (exact) mass is 388 g/mol.